The molecule has 1 amide bonds. The van der Waals surface area contributed by atoms with E-state index < -0.39 is 29.0 Å². The molecular weight excluding hydrogens is 310 g/mol. The first-order valence-electron chi connectivity index (χ1n) is 6.92. The molecule has 2 rings (SSSR count). The fourth-order valence-corrected chi connectivity index (χ4v) is 2.35. The van der Waals surface area contributed by atoms with Crippen molar-refractivity contribution >= 4 is 6.41 Å². The number of nitrogens with one attached hydrogen (secondary N) is 1. The largest absolute Gasteiger partial charge is 0.352 e. The van der Waals surface area contributed by atoms with E-state index in [1.165, 1.54) is 43.3 Å². The van der Waals surface area contributed by atoms with E-state index in [1.54, 1.807) is 0 Å². The highest BCUT2D eigenvalue weighted by molar-refractivity contribution is 5.49. The lowest BCUT2D eigenvalue weighted by Gasteiger charge is -2.30. The Kier molecular flexibility index (Phi) is 4.73. The Labute approximate surface area is 131 Å². The van der Waals surface area contributed by atoms with Crippen LogP contribution >= 0.6 is 0 Å². The molecule has 0 fully saturated rings. The molecule has 2 nitrogen and oxygen atoms in total. The number of carbonyl (C=O) groups excluding carboxylic acids is 1. The molecule has 0 bridgehead atoms. The summed E-state index contributed by atoms with van der Waals surface area (Å²) in [5.41, 5.74) is -1.63. The monoisotopic (exact) mass is 325 g/mol. The highest BCUT2D eigenvalue weighted by Gasteiger charge is 2.59. The van der Waals surface area contributed by atoms with Crippen molar-refractivity contribution in [3.63, 3.8) is 0 Å². The van der Waals surface area contributed by atoms with Crippen molar-refractivity contribution in [2.45, 2.75) is 24.8 Å². The average Bonchev–Trinajstić information content (AvgIpc) is 2.55. The molecule has 0 heterocycles. The van der Waals surface area contributed by atoms with Crippen LogP contribution in [0.15, 0.2) is 54.6 Å². The molecule has 1 N–H and O–H groups in total. The van der Waals surface area contributed by atoms with Gasteiger partial charge in [-0.25, -0.2) is 0 Å². The van der Waals surface area contributed by atoms with Crippen molar-refractivity contribution in [2.24, 2.45) is 0 Å². The Balaban J connectivity index is 2.53. The third-order valence-electron chi connectivity index (χ3n) is 3.61. The van der Waals surface area contributed by atoms with Gasteiger partial charge in [0, 0.05) is 11.1 Å². The van der Waals surface area contributed by atoms with Crippen LogP contribution < -0.4 is 5.32 Å². The molecular formula is C17H15F4NO. The zero-order valence-electron chi connectivity index (χ0n) is 12.3. The van der Waals surface area contributed by atoms with Gasteiger partial charge < -0.3 is 5.32 Å². The van der Waals surface area contributed by atoms with Gasteiger partial charge in [-0.2, -0.15) is 17.6 Å². The molecule has 0 aliphatic carbocycles. The second kappa shape index (κ2) is 6.40. The molecule has 0 spiro atoms. The Morgan fingerprint density at radius 2 is 1.48 bits per heavy atom. The van der Waals surface area contributed by atoms with Crippen molar-refractivity contribution in [3.05, 3.63) is 71.3 Å². The molecule has 0 aromatic heterocycles. The number of halogens is 4. The lowest BCUT2D eigenvalue weighted by molar-refractivity contribution is -0.224. The number of rotatable bonds is 6. The summed E-state index contributed by atoms with van der Waals surface area (Å²) in [6, 6.07) is 10.1. The van der Waals surface area contributed by atoms with Gasteiger partial charge >= 0.3 is 11.8 Å². The standard InChI is InChI=1S/C17H15F4NO/c1-12(22-11-23)14-9-5-6-10-15(14)17(20,21)16(18,19)13-7-3-2-4-8-13/h2-12H,1H3,(H,22,23)/t12-/m1/s1. The summed E-state index contributed by atoms with van der Waals surface area (Å²) in [6.45, 7) is 1.45. The van der Waals surface area contributed by atoms with Crippen LogP contribution in [0, 0.1) is 0 Å². The predicted molar refractivity (Wildman–Crippen MR) is 78.3 cm³/mol. The molecule has 2 aromatic rings. The molecule has 0 radical (unpaired) electrons. The summed E-state index contributed by atoms with van der Waals surface area (Å²) < 4.78 is 58.0. The maximum atomic E-state index is 14.6. The first-order valence-corrected chi connectivity index (χ1v) is 6.92. The Bertz CT molecular complexity index is 673. The van der Waals surface area contributed by atoms with Gasteiger partial charge in [-0.15, -0.1) is 0 Å². The Hall–Kier alpha value is -2.37. The molecule has 0 aliphatic heterocycles. The highest BCUT2D eigenvalue weighted by atomic mass is 19.3. The summed E-state index contributed by atoms with van der Waals surface area (Å²) >= 11 is 0. The van der Waals surface area contributed by atoms with E-state index in [2.05, 4.69) is 5.32 Å². The quantitative estimate of drug-likeness (QED) is 0.620. The fraction of sp³-hybridized carbons (Fsp3) is 0.235. The van der Waals surface area contributed by atoms with Crippen LogP contribution in [0.25, 0.3) is 0 Å². The zero-order valence-corrected chi connectivity index (χ0v) is 12.3. The minimum Gasteiger partial charge on any atom is -0.352 e. The van der Waals surface area contributed by atoms with Gasteiger partial charge in [0.2, 0.25) is 6.41 Å². The number of hydrogen-bond acceptors (Lipinski definition) is 1. The first-order chi connectivity index (χ1) is 10.8. The number of alkyl halides is 4. The third kappa shape index (κ3) is 3.06. The van der Waals surface area contributed by atoms with Crippen molar-refractivity contribution in [1.82, 2.24) is 5.32 Å². The fourth-order valence-electron chi connectivity index (χ4n) is 2.35. The first kappa shape index (κ1) is 17.0. The normalized spacial score (nSPS) is 13.4. The van der Waals surface area contributed by atoms with Crippen LogP contribution in [0.3, 0.4) is 0 Å². The SMILES string of the molecule is C[C@@H](NC=O)c1ccccc1C(F)(F)C(F)(F)c1ccccc1. The minimum atomic E-state index is -4.43. The summed E-state index contributed by atoms with van der Waals surface area (Å²) in [4.78, 5) is 10.5. The van der Waals surface area contributed by atoms with Gasteiger partial charge in [-0.05, 0) is 12.5 Å². The van der Waals surface area contributed by atoms with Gasteiger partial charge in [-0.1, -0.05) is 54.6 Å². The van der Waals surface area contributed by atoms with E-state index in [0.717, 1.165) is 18.2 Å². The molecule has 122 valence electrons. The van der Waals surface area contributed by atoms with Crippen molar-refractivity contribution in [1.29, 1.82) is 0 Å². The second-order valence-corrected chi connectivity index (χ2v) is 5.11. The van der Waals surface area contributed by atoms with E-state index in [1.807, 2.05) is 0 Å². The van der Waals surface area contributed by atoms with Crippen LogP contribution in [0.1, 0.15) is 29.7 Å². The van der Waals surface area contributed by atoms with Gasteiger partial charge in [0.25, 0.3) is 0 Å². The van der Waals surface area contributed by atoms with Crippen molar-refractivity contribution < 1.29 is 22.4 Å². The molecule has 0 unspecified atom stereocenters. The molecule has 6 heteroatoms. The highest BCUT2D eigenvalue weighted by Crippen LogP contribution is 2.50. The van der Waals surface area contributed by atoms with E-state index in [-0.39, 0.29) is 5.56 Å². The predicted octanol–water partition coefficient (Wildman–Crippen LogP) is 4.38. The van der Waals surface area contributed by atoms with Crippen LogP contribution in [-0.2, 0) is 16.6 Å². The number of benzene rings is 2. The van der Waals surface area contributed by atoms with Gasteiger partial charge in [0.05, 0.1) is 6.04 Å². The smallest absolute Gasteiger partial charge is 0.340 e. The Morgan fingerprint density at radius 3 is 2.09 bits per heavy atom. The topological polar surface area (TPSA) is 29.1 Å². The minimum absolute atomic E-state index is 0.0554. The molecule has 2 aromatic carbocycles. The van der Waals surface area contributed by atoms with E-state index in [4.69, 9.17) is 0 Å². The van der Waals surface area contributed by atoms with Crippen molar-refractivity contribution in [3.8, 4) is 0 Å². The van der Waals surface area contributed by atoms with Crippen LogP contribution in [0.2, 0.25) is 0 Å². The van der Waals surface area contributed by atoms with Gasteiger partial charge in [0.15, 0.2) is 0 Å². The lowest BCUT2D eigenvalue weighted by Crippen LogP contribution is -2.37. The zero-order chi connectivity index (χ0) is 17.1. The van der Waals surface area contributed by atoms with E-state index in [9.17, 15) is 22.4 Å². The van der Waals surface area contributed by atoms with E-state index in [0.29, 0.717) is 6.41 Å². The van der Waals surface area contributed by atoms with Crippen LogP contribution in [0.4, 0.5) is 17.6 Å². The number of hydrogen-bond donors (Lipinski definition) is 1. The maximum absolute atomic E-state index is 14.6. The molecule has 0 saturated carbocycles. The van der Waals surface area contributed by atoms with Crippen LogP contribution in [-0.4, -0.2) is 6.41 Å². The number of carbonyl (C=O) groups is 1. The molecule has 23 heavy (non-hydrogen) atoms. The maximum Gasteiger partial charge on any atom is 0.340 e. The van der Waals surface area contributed by atoms with E-state index >= 15 is 0 Å². The second-order valence-electron chi connectivity index (χ2n) is 5.11. The summed E-state index contributed by atoms with van der Waals surface area (Å²) in [5.74, 6) is -8.81. The lowest BCUT2D eigenvalue weighted by atomic mass is 9.90. The molecule has 0 saturated heterocycles. The third-order valence-corrected chi connectivity index (χ3v) is 3.61. The molecule has 1 atom stereocenters. The summed E-state index contributed by atoms with van der Waals surface area (Å²) in [5, 5.41) is 2.31. The van der Waals surface area contributed by atoms with Gasteiger partial charge in [0.1, 0.15) is 0 Å². The van der Waals surface area contributed by atoms with Crippen molar-refractivity contribution in [2.75, 3.05) is 0 Å². The molecule has 0 aliphatic rings. The summed E-state index contributed by atoms with van der Waals surface area (Å²) in [6.07, 6.45) is 0.342. The summed E-state index contributed by atoms with van der Waals surface area (Å²) in [7, 11) is 0. The number of amides is 1. The van der Waals surface area contributed by atoms with Gasteiger partial charge in [-0.3, -0.25) is 4.79 Å². The average molecular weight is 325 g/mol. The Morgan fingerprint density at radius 1 is 0.913 bits per heavy atom. The van der Waals surface area contributed by atoms with Crippen LogP contribution in [0.5, 0.6) is 0 Å².